The van der Waals surface area contributed by atoms with Crippen LogP contribution >= 0.6 is 0 Å². The zero-order chi connectivity index (χ0) is 15.4. The Hall–Kier alpha value is -1.98. The number of carboxylic acid groups (broad SMARTS) is 1. The Bertz CT molecular complexity index is 486. The number of hydrogen-bond donors (Lipinski definition) is 1. The number of rotatable bonds is 4. The summed E-state index contributed by atoms with van der Waals surface area (Å²) in [6.07, 6.45) is 3.25. The van der Waals surface area contributed by atoms with E-state index >= 15 is 0 Å². The fraction of sp³-hybridized carbons (Fsp3) is 0.600. The van der Waals surface area contributed by atoms with Gasteiger partial charge in [-0.3, -0.25) is 0 Å². The van der Waals surface area contributed by atoms with E-state index in [-0.39, 0.29) is 11.9 Å². The number of furan rings is 1. The highest BCUT2D eigenvalue weighted by atomic mass is 16.4. The van der Waals surface area contributed by atoms with Crippen LogP contribution in [0.5, 0.6) is 0 Å². The van der Waals surface area contributed by atoms with Crippen molar-refractivity contribution in [1.82, 2.24) is 9.80 Å². The molecule has 1 aromatic heterocycles. The molecule has 0 radical (unpaired) electrons. The normalized spacial score (nSPS) is 22.1. The molecule has 0 bridgehead atoms. The molecule has 1 saturated heterocycles. The Kier molecular flexibility index (Phi) is 4.88. The molecule has 6 nitrogen and oxygen atoms in total. The first-order valence-corrected chi connectivity index (χ1v) is 7.35. The van der Waals surface area contributed by atoms with Gasteiger partial charge >= 0.3 is 12.0 Å². The molecule has 2 amide bonds. The number of hydrogen-bond acceptors (Lipinski definition) is 3. The van der Waals surface area contributed by atoms with Gasteiger partial charge in [0.15, 0.2) is 0 Å². The van der Waals surface area contributed by atoms with Crippen molar-refractivity contribution in [3.63, 3.8) is 0 Å². The molecule has 2 unspecified atom stereocenters. The molecule has 1 N–H and O–H groups in total. The number of nitrogens with zero attached hydrogens (tertiary/aromatic N) is 2. The molecule has 1 aliphatic rings. The van der Waals surface area contributed by atoms with Crippen LogP contribution in [0.2, 0.25) is 0 Å². The smallest absolute Gasteiger partial charge is 0.326 e. The number of carbonyl (C=O) groups is 2. The minimum Gasteiger partial charge on any atom is -0.480 e. The van der Waals surface area contributed by atoms with Crippen LogP contribution in [0.3, 0.4) is 0 Å². The van der Waals surface area contributed by atoms with Crippen molar-refractivity contribution < 1.29 is 19.1 Å². The molecule has 2 heterocycles. The Morgan fingerprint density at radius 2 is 2.29 bits per heavy atom. The number of amides is 2. The van der Waals surface area contributed by atoms with Crippen molar-refractivity contribution in [2.45, 2.75) is 39.3 Å². The van der Waals surface area contributed by atoms with E-state index in [9.17, 15) is 14.7 Å². The van der Waals surface area contributed by atoms with Gasteiger partial charge in [-0.2, -0.15) is 0 Å². The first-order chi connectivity index (χ1) is 10.0. The van der Waals surface area contributed by atoms with E-state index in [1.165, 1.54) is 4.90 Å². The van der Waals surface area contributed by atoms with Gasteiger partial charge in [0, 0.05) is 13.1 Å². The van der Waals surface area contributed by atoms with Crippen LogP contribution in [-0.4, -0.2) is 46.0 Å². The SMILES string of the molecule is CCN(Cc1ccco1)C(=O)N1CCCC(C)C1C(=O)O. The lowest BCUT2D eigenvalue weighted by Crippen LogP contribution is -2.55. The molecule has 2 rings (SSSR count). The van der Waals surface area contributed by atoms with E-state index in [1.54, 1.807) is 17.2 Å². The lowest BCUT2D eigenvalue weighted by Gasteiger charge is -2.39. The Labute approximate surface area is 124 Å². The average Bonchev–Trinajstić information content (AvgIpc) is 2.96. The Balaban J connectivity index is 2.13. The second-order valence-corrected chi connectivity index (χ2v) is 5.47. The van der Waals surface area contributed by atoms with Gasteiger partial charge in [-0.15, -0.1) is 0 Å². The predicted octanol–water partition coefficient (Wildman–Crippen LogP) is 2.41. The van der Waals surface area contributed by atoms with Crippen molar-refractivity contribution in [3.05, 3.63) is 24.2 Å². The molecule has 2 atom stereocenters. The number of aliphatic carboxylic acids is 1. The van der Waals surface area contributed by atoms with Gasteiger partial charge in [0.2, 0.25) is 0 Å². The van der Waals surface area contributed by atoms with Crippen LogP contribution in [0.4, 0.5) is 4.79 Å². The number of carbonyl (C=O) groups excluding carboxylic acids is 1. The zero-order valence-corrected chi connectivity index (χ0v) is 12.5. The second kappa shape index (κ2) is 6.65. The van der Waals surface area contributed by atoms with E-state index < -0.39 is 12.0 Å². The van der Waals surface area contributed by atoms with E-state index in [1.807, 2.05) is 19.9 Å². The highest BCUT2D eigenvalue weighted by Crippen LogP contribution is 2.25. The van der Waals surface area contributed by atoms with E-state index in [2.05, 4.69) is 0 Å². The van der Waals surface area contributed by atoms with Crippen molar-refractivity contribution >= 4 is 12.0 Å². The van der Waals surface area contributed by atoms with E-state index in [0.29, 0.717) is 25.4 Å². The lowest BCUT2D eigenvalue weighted by atomic mass is 9.91. The summed E-state index contributed by atoms with van der Waals surface area (Å²) in [5.41, 5.74) is 0. The number of urea groups is 1. The van der Waals surface area contributed by atoms with Crippen molar-refractivity contribution in [1.29, 1.82) is 0 Å². The summed E-state index contributed by atoms with van der Waals surface area (Å²) in [5.74, 6) is -0.255. The maximum absolute atomic E-state index is 12.7. The van der Waals surface area contributed by atoms with E-state index in [0.717, 1.165) is 12.8 Å². The minimum absolute atomic E-state index is 0.0254. The van der Waals surface area contributed by atoms with Gasteiger partial charge in [-0.05, 0) is 37.8 Å². The highest BCUT2D eigenvalue weighted by Gasteiger charge is 2.38. The number of likely N-dealkylation sites (tertiary alicyclic amines) is 1. The van der Waals surface area contributed by atoms with Crippen LogP contribution in [0.15, 0.2) is 22.8 Å². The van der Waals surface area contributed by atoms with Crippen LogP contribution in [-0.2, 0) is 11.3 Å². The molecule has 6 heteroatoms. The van der Waals surface area contributed by atoms with Gasteiger partial charge in [0.1, 0.15) is 11.8 Å². The quantitative estimate of drug-likeness (QED) is 0.925. The average molecular weight is 294 g/mol. The molecule has 1 aliphatic heterocycles. The summed E-state index contributed by atoms with van der Waals surface area (Å²) < 4.78 is 5.27. The molecule has 1 aromatic rings. The number of piperidine rings is 1. The topological polar surface area (TPSA) is 74.0 Å². The standard InChI is InChI=1S/C15H22N2O4/c1-3-16(10-12-7-5-9-21-12)15(20)17-8-4-6-11(2)13(17)14(18)19/h5,7,9,11,13H,3-4,6,8,10H2,1-2H3,(H,18,19). The zero-order valence-electron chi connectivity index (χ0n) is 12.5. The van der Waals surface area contributed by atoms with Crippen molar-refractivity contribution in [2.75, 3.05) is 13.1 Å². The van der Waals surface area contributed by atoms with Gasteiger partial charge < -0.3 is 19.3 Å². The molecule has 0 aliphatic carbocycles. The molecular formula is C15H22N2O4. The van der Waals surface area contributed by atoms with Gasteiger partial charge in [0.05, 0.1) is 12.8 Å². The molecule has 21 heavy (non-hydrogen) atoms. The first-order valence-electron chi connectivity index (χ1n) is 7.35. The number of carboxylic acids is 1. The molecule has 0 spiro atoms. The first kappa shape index (κ1) is 15.4. The Morgan fingerprint density at radius 1 is 1.52 bits per heavy atom. The van der Waals surface area contributed by atoms with E-state index in [4.69, 9.17) is 4.42 Å². The van der Waals surface area contributed by atoms with Crippen LogP contribution in [0.25, 0.3) is 0 Å². The molecule has 116 valence electrons. The minimum atomic E-state index is -0.926. The monoisotopic (exact) mass is 294 g/mol. The van der Waals surface area contributed by atoms with Crippen molar-refractivity contribution in [3.8, 4) is 0 Å². The molecule has 0 saturated carbocycles. The van der Waals surface area contributed by atoms with Crippen molar-refractivity contribution in [2.24, 2.45) is 5.92 Å². The third-order valence-electron chi connectivity index (χ3n) is 4.01. The second-order valence-electron chi connectivity index (χ2n) is 5.47. The molecule has 0 aromatic carbocycles. The summed E-state index contributed by atoms with van der Waals surface area (Å²) in [6.45, 7) is 5.14. The maximum Gasteiger partial charge on any atom is 0.326 e. The van der Waals surface area contributed by atoms with Crippen LogP contribution in [0, 0.1) is 5.92 Å². The lowest BCUT2D eigenvalue weighted by molar-refractivity contribution is -0.145. The Morgan fingerprint density at radius 3 is 2.86 bits per heavy atom. The predicted molar refractivity (Wildman–Crippen MR) is 76.7 cm³/mol. The fourth-order valence-corrected chi connectivity index (χ4v) is 2.87. The van der Waals surface area contributed by atoms with Gasteiger partial charge in [-0.25, -0.2) is 9.59 Å². The molecular weight excluding hydrogens is 272 g/mol. The highest BCUT2D eigenvalue weighted by molar-refractivity contribution is 5.83. The third kappa shape index (κ3) is 3.37. The van der Waals surface area contributed by atoms with Gasteiger partial charge in [-0.1, -0.05) is 6.92 Å². The summed E-state index contributed by atoms with van der Waals surface area (Å²) in [7, 11) is 0. The van der Waals surface area contributed by atoms with Crippen LogP contribution in [0.1, 0.15) is 32.4 Å². The maximum atomic E-state index is 12.7. The van der Waals surface area contributed by atoms with Crippen LogP contribution < -0.4 is 0 Å². The largest absolute Gasteiger partial charge is 0.480 e. The third-order valence-corrected chi connectivity index (χ3v) is 4.01. The fourth-order valence-electron chi connectivity index (χ4n) is 2.87. The summed E-state index contributed by atoms with van der Waals surface area (Å²) in [4.78, 5) is 27.2. The summed E-state index contributed by atoms with van der Waals surface area (Å²) in [6, 6.07) is 2.62. The summed E-state index contributed by atoms with van der Waals surface area (Å²) >= 11 is 0. The molecule has 1 fully saturated rings. The van der Waals surface area contributed by atoms with Gasteiger partial charge in [0.25, 0.3) is 0 Å². The summed E-state index contributed by atoms with van der Waals surface area (Å²) in [5, 5.41) is 9.41.